The van der Waals surface area contributed by atoms with E-state index in [1.807, 2.05) is 6.07 Å². The second kappa shape index (κ2) is 35.8. The van der Waals surface area contributed by atoms with E-state index in [9.17, 15) is 33.6 Å². The molecule has 29 nitrogen and oxygen atoms in total. The van der Waals surface area contributed by atoms with Crippen LogP contribution in [0.4, 0.5) is 0 Å². The van der Waals surface area contributed by atoms with Gasteiger partial charge in [-0.15, -0.1) is 0 Å². The van der Waals surface area contributed by atoms with Gasteiger partial charge in [0, 0.05) is 48.5 Å². The highest BCUT2D eigenvalue weighted by atomic mass is 35.5. The predicted molar refractivity (Wildman–Crippen MR) is 355 cm³/mol. The quantitative estimate of drug-likeness (QED) is 0.0285. The smallest absolute Gasteiger partial charge is 0.366 e. The number of carbonyl (C=O) groups excluding carboxylic acids is 10. The molecule has 9 rings (SSSR count). The Balaban J connectivity index is 1.27. The van der Waals surface area contributed by atoms with Gasteiger partial charge in [-0.2, -0.15) is 0 Å². The Hall–Kier alpha value is -9.14. The maximum atomic E-state index is 15.3. The first kappa shape index (κ1) is 78.0. The van der Waals surface area contributed by atoms with Gasteiger partial charge in [0.25, 0.3) is 17.6 Å². The van der Waals surface area contributed by atoms with Crippen LogP contribution in [0.15, 0.2) is 127 Å². The second-order valence-corrected chi connectivity index (χ2v) is 25.0. The Labute approximate surface area is 601 Å². The number of fused-ring (bicyclic) bond motifs is 1. The van der Waals surface area contributed by atoms with E-state index >= 15 is 14.4 Å². The van der Waals surface area contributed by atoms with Gasteiger partial charge in [0.1, 0.15) is 66.9 Å². The molecule has 5 aromatic carbocycles. The summed E-state index contributed by atoms with van der Waals surface area (Å²) in [5.74, 6) is -12.9. The standard InChI is InChI=1S/C72H78Cl2N2O27/c1-38(77)75-58-54(93-40(3)79)31-72(71(86)88-9,102-63(58)60(95-42(5)81)57(94-41(4)80)37-91-39(2)78)103-65-62(96-43(6)82)56(36-90-33-46-21-15-11-16-22-46)100-70(66(65)97-44(7)83)101-61-55(35-89-32-45-19-13-10-14-20-45)99-69(98-49-27-25-48(87-8)26-28-49)59(64(61)92-34-47-23-17-12-18-24-47)76-67(84)50-29-52(73)53(74)30-51(50)68(76)85/h10-30,54-66,69-70H,31-37H2,1-9H3,(H,75,77)/t54-,55+,56+,57+,58+,59+,60+,61+,62-,63+,64+,65-,66+,69+,70-,72-/m0/s1. The molecule has 5 aromatic rings. The lowest BCUT2D eigenvalue weighted by atomic mass is 9.87. The first-order chi connectivity index (χ1) is 49.3. The minimum Gasteiger partial charge on any atom is -0.497 e. The third kappa shape index (κ3) is 20.0. The number of nitrogens with one attached hydrogen (secondary N) is 1. The van der Waals surface area contributed by atoms with Crippen molar-refractivity contribution in [2.75, 3.05) is 34.0 Å². The minimum atomic E-state index is -3.13. The van der Waals surface area contributed by atoms with E-state index in [0.717, 1.165) is 60.5 Å². The summed E-state index contributed by atoms with van der Waals surface area (Å²) in [5.41, 5.74) is 1.59. The fourth-order valence-corrected chi connectivity index (χ4v) is 12.7. The molecule has 3 fully saturated rings. The maximum absolute atomic E-state index is 15.3. The number of rotatable bonds is 30. The highest BCUT2D eigenvalue weighted by molar-refractivity contribution is 6.43. The summed E-state index contributed by atoms with van der Waals surface area (Å²) in [7, 11) is 2.36. The molecular weight excluding hydrogens is 1400 g/mol. The largest absolute Gasteiger partial charge is 0.497 e. The van der Waals surface area contributed by atoms with E-state index in [2.05, 4.69) is 5.32 Å². The van der Waals surface area contributed by atoms with Gasteiger partial charge in [-0.1, -0.05) is 114 Å². The molecule has 31 heteroatoms. The lowest BCUT2D eigenvalue weighted by Crippen LogP contribution is -2.72. The van der Waals surface area contributed by atoms with Crippen LogP contribution in [0.2, 0.25) is 10.0 Å². The zero-order chi connectivity index (χ0) is 74.2. The molecule has 16 atom stereocenters. The first-order valence-corrected chi connectivity index (χ1v) is 33.3. The Kier molecular flexibility index (Phi) is 27.1. The third-order valence-corrected chi connectivity index (χ3v) is 17.3. The molecule has 3 saturated heterocycles. The van der Waals surface area contributed by atoms with Crippen LogP contribution in [0, 0.1) is 0 Å². The number of amides is 3. The molecule has 4 heterocycles. The van der Waals surface area contributed by atoms with E-state index in [1.165, 1.54) is 19.2 Å². The Morgan fingerprint density at radius 1 is 0.573 bits per heavy atom. The van der Waals surface area contributed by atoms with Crippen molar-refractivity contribution < 1.29 is 128 Å². The number of esters is 7. The summed E-state index contributed by atoms with van der Waals surface area (Å²) in [6.45, 7) is 4.66. The van der Waals surface area contributed by atoms with Crippen LogP contribution in [0.3, 0.4) is 0 Å². The molecule has 552 valence electrons. The molecule has 0 spiro atoms. The fourth-order valence-electron chi connectivity index (χ4n) is 12.4. The Morgan fingerprint density at radius 2 is 1.08 bits per heavy atom. The van der Waals surface area contributed by atoms with Gasteiger partial charge in [0.05, 0.1) is 80.9 Å². The van der Waals surface area contributed by atoms with Crippen molar-refractivity contribution in [1.82, 2.24) is 10.2 Å². The van der Waals surface area contributed by atoms with Crippen molar-refractivity contribution in [1.29, 1.82) is 0 Å². The summed E-state index contributed by atoms with van der Waals surface area (Å²) < 4.78 is 108. The van der Waals surface area contributed by atoms with Crippen molar-refractivity contribution in [3.8, 4) is 11.5 Å². The molecule has 0 bridgehead atoms. The van der Waals surface area contributed by atoms with Gasteiger partial charge >= 0.3 is 41.8 Å². The first-order valence-electron chi connectivity index (χ1n) is 32.5. The number of ether oxygens (including phenoxy) is 17. The van der Waals surface area contributed by atoms with E-state index in [-0.39, 0.29) is 46.7 Å². The number of carbonyl (C=O) groups is 10. The van der Waals surface area contributed by atoms with Crippen LogP contribution < -0.4 is 14.8 Å². The van der Waals surface area contributed by atoms with Crippen LogP contribution in [-0.4, -0.2) is 196 Å². The van der Waals surface area contributed by atoms with Gasteiger partial charge in [0.2, 0.25) is 12.2 Å². The van der Waals surface area contributed by atoms with Crippen molar-refractivity contribution in [3.05, 3.63) is 165 Å². The third-order valence-electron chi connectivity index (χ3n) is 16.6. The van der Waals surface area contributed by atoms with E-state index < -0.39 is 183 Å². The monoisotopic (exact) mass is 1470 g/mol. The van der Waals surface area contributed by atoms with Crippen LogP contribution in [-0.2, 0) is 129 Å². The molecule has 4 aliphatic rings. The number of methoxy groups -OCH3 is 2. The zero-order valence-corrected chi connectivity index (χ0v) is 59.0. The van der Waals surface area contributed by atoms with Gasteiger partial charge in [-0.25, -0.2) is 4.79 Å². The van der Waals surface area contributed by atoms with Crippen molar-refractivity contribution in [2.45, 2.75) is 172 Å². The van der Waals surface area contributed by atoms with Gasteiger partial charge in [-0.3, -0.25) is 48.1 Å². The lowest BCUT2D eigenvalue weighted by Gasteiger charge is -2.53. The zero-order valence-electron chi connectivity index (χ0n) is 57.5. The van der Waals surface area contributed by atoms with Crippen LogP contribution in [0.1, 0.15) is 92.3 Å². The molecule has 0 unspecified atom stereocenters. The fraction of sp³-hybridized carbons (Fsp3) is 0.444. The van der Waals surface area contributed by atoms with Gasteiger partial charge in [-0.05, 0) is 53.1 Å². The highest BCUT2D eigenvalue weighted by Crippen LogP contribution is 2.44. The van der Waals surface area contributed by atoms with Crippen LogP contribution in [0.25, 0.3) is 0 Å². The molecule has 0 saturated carbocycles. The molecule has 0 aliphatic carbocycles. The molecule has 0 aromatic heterocycles. The number of nitrogens with zero attached hydrogens (tertiary/aromatic N) is 1. The molecule has 3 amide bonds. The van der Waals surface area contributed by atoms with Crippen molar-refractivity contribution in [2.24, 2.45) is 0 Å². The lowest BCUT2D eigenvalue weighted by molar-refractivity contribution is -0.385. The van der Waals surface area contributed by atoms with Crippen molar-refractivity contribution >= 4 is 82.7 Å². The van der Waals surface area contributed by atoms with E-state index in [0.29, 0.717) is 22.4 Å². The summed E-state index contributed by atoms with van der Waals surface area (Å²) in [6, 6.07) is 31.9. The predicted octanol–water partition coefficient (Wildman–Crippen LogP) is 6.67. The number of imide groups is 1. The average molecular weight is 1470 g/mol. The summed E-state index contributed by atoms with van der Waals surface area (Å²) >= 11 is 13.1. The summed E-state index contributed by atoms with van der Waals surface area (Å²) in [6.07, 6.45) is -25.5. The van der Waals surface area contributed by atoms with Gasteiger partial charge < -0.3 is 85.8 Å². The highest BCUT2D eigenvalue weighted by Gasteiger charge is 2.65. The maximum Gasteiger partial charge on any atom is 0.366 e. The molecular formula is C72H78Cl2N2O27. The van der Waals surface area contributed by atoms with Gasteiger partial charge in [0.15, 0.2) is 30.7 Å². The number of hydrogen-bond acceptors (Lipinski definition) is 27. The number of halogens is 2. The molecule has 1 N–H and O–H groups in total. The molecule has 0 radical (unpaired) electrons. The number of benzene rings is 5. The molecule has 4 aliphatic heterocycles. The Bertz CT molecular complexity index is 3780. The number of hydrogen-bond donors (Lipinski definition) is 1. The van der Waals surface area contributed by atoms with Crippen LogP contribution >= 0.6 is 23.2 Å². The summed E-state index contributed by atoms with van der Waals surface area (Å²) in [4.78, 5) is 140. The Morgan fingerprint density at radius 3 is 1.57 bits per heavy atom. The normalized spacial score (nSPS) is 25.7. The molecule has 103 heavy (non-hydrogen) atoms. The SMILES string of the molecule is COC(=O)[C@@]1(O[C@H]2[C@@H](OC(C)=O)[C@@H](COCc3ccccc3)O[C@@H](O[C@H]3[C@H](OCc4ccccc4)[C@@H](N4C(=O)c5cc(Cl)c(Cl)cc5C4=O)[C@H](Oc4ccc(OC)cc4)O[C@@H]3COCc3ccccc3)[C@@H]2OC(C)=O)C[C@H](OC(C)=O)[C@@H](NC(C)=O)[C@H]([C@H](OC(C)=O)[C@@H](COC(C)=O)OC(C)=O)O1. The second-order valence-electron chi connectivity index (χ2n) is 24.2. The minimum absolute atomic E-state index is 0.0510. The van der Waals surface area contributed by atoms with Crippen LogP contribution in [0.5, 0.6) is 11.5 Å². The van der Waals surface area contributed by atoms with E-state index in [4.69, 9.17) is 104 Å². The average Bonchev–Trinajstić information content (AvgIpc) is 1.73. The topological polar surface area (TPSA) is 343 Å². The van der Waals surface area contributed by atoms with E-state index in [1.54, 1.807) is 109 Å². The van der Waals surface area contributed by atoms with Crippen molar-refractivity contribution in [3.63, 3.8) is 0 Å². The summed E-state index contributed by atoms with van der Waals surface area (Å²) in [5, 5.41) is 2.48.